The van der Waals surface area contributed by atoms with Crippen molar-refractivity contribution in [2.24, 2.45) is 4.36 Å². The van der Waals surface area contributed by atoms with Crippen molar-refractivity contribution in [2.45, 2.75) is 62.2 Å². The number of aryl methyl sites for hydroxylation is 1. The van der Waals surface area contributed by atoms with Crippen LogP contribution in [-0.2, 0) is 29.9 Å². The quantitative estimate of drug-likeness (QED) is 0.673. The number of pyridine rings is 1. The summed E-state index contributed by atoms with van der Waals surface area (Å²) in [5.74, 6) is 0.403. The van der Waals surface area contributed by atoms with Gasteiger partial charge in [-0.25, -0.2) is 9.00 Å². The van der Waals surface area contributed by atoms with Crippen LogP contribution in [0.2, 0.25) is 0 Å². The highest BCUT2D eigenvalue weighted by atomic mass is 32.2. The maximum absolute atomic E-state index is 12.5. The minimum Gasteiger partial charge on any atom is -0.389 e. The lowest BCUT2D eigenvalue weighted by Crippen LogP contribution is -2.12. The molecule has 2 heterocycles. The molecule has 144 valence electrons. The third-order valence-corrected chi connectivity index (χ3v) is 7.75. The summed E-state index contributed by atoms with van der Waals surface area (Å²) in [5, 5.41) is 14.3. The predicted molar refractivity (Wildman–Crippen MR) is 107 cm³/mol. The van der Waals surface area contributed by atoms with Crippen molar-refractivity contribution in [1.29, 1.82) is 0 Å². The highest BCUT2D eigenvalue weighted by molar-refractivity contribution is 7.78. The third-order valence-electron chi connectivity index (χ3n) is 5.34. The zero-order valence-electron chi connectivity index (χ0n) is 15.4. The molecule has 8 heteroatoms. The third kappa shape index (κ3) is 3.53. The Kier molecular flexibility index (Phi) is 5.05. The summed E-state index contributed by atoms with van der Waals surface area (Å²) in [6.07, 6.45) is 4.22. The highest BCUT2D eigenvalue weighted by Gasteiger charge is 2.29. The van der Waals surface area contributed by atoms with Gasteiger partial charge in [0.2, 0.25) is 0 Å². The van der Waals surface area contributed by atoms with Crippen LogP contribution in [-0.4, -0.2) is 20.3 Å². The first kappa shape index (κ1) is 18.6. The number of carbonyl (C=O) groups excluding carboxylic acids is 1. The molecule has 0 spiro atoms. The fourth-order valence-corrected chi connectivity index (χ4v) is 5.82. The molecular formula is C19H23N3O3S2. The number of aliphatic hydroxyl groups is 1. The van der Waals surface area contributed by atoms with Gasteiger partial charge in [0.1, 0.15) is 0 Å². The molecule has 0 saturated heterocycles. The Morgan fingerprint density at radius 3 is 2.96 bits per heavy atom. The fraction of sp³-hybridized carbons (Fsp3) is 0.474. The Morgan fingerprint density at radius 2 is 2.22 bits per heavy atom. The van der Waals surface area contributed by atoms with Crippen LogP contribution in [0.5, 0.6) is 0 Å². The first-order valence-electron chi connectivity index (χ1n) is 9.25. The minimum absolute atomic E-state index is 0.403. The lowest BCUT2D eigenvalue weighted by molar-refractivity contribution is 0.199. The molecule has 0 bridgehead atoms. The summed E-state index contributed by atoms with van der Waals surface area (Å²) in [7, 11) is -2.18. The monoisotopic (exact) mass is 405 g/mol. The van der Waals surface area contributed by atoms with Crippen LogP contribution in [0.3, 0.4) is 0 Å². The predicted octanol–water partition coefficient (Wildman–Crippen LogP) is 3.99. The number of nitrogens with zero attached hydrogens (tertiary/aromatic N) is 2. The zero-order chi connectivity index (χ0) is 19.1. The number of urea groups is 1. The number of anilines is 1. The van der Waals surface area contributed by atoms with Crippen LogP contribution in [0.15, 0.2) is 20.0 Å². The van der Waals surface area contributed by atoms with E-state index in [0.29, 0.717) is 15.7 Å². The van der Waals surface area contributed by atoms with E-state index in [1.807, 2.05) is 0 Å². The summed E-state index contributed by atoms with van der Waals surface area (Å²) in [5.41, 5.74) is 5.96. The maximum atomic E-state index is 12.5. The van der Waals surface area contributed by atoms with Gasteiger partial charge >= 0.3 is 6.03 Å². The van der Waals surface area contributed by atoms with Crippen molar-refractivity contribution in [3.8, 4) is 0 Å². The molecule has 27 heavy (non-hydrogen) atoms. The molecule has 2 aliphatic carbocycles. The second-order valence-electron chi connectivity index (χ2n) is 7.27. The van der Waals surface area contributed by atoms with Gasteiger partial charge in [0.25, 0.3) is 0 Å². The van der Waals surface area contributed by atoms with E-state index in [9.17, 15) is 14.1 Å². The Balaban J connectivity index is 1.62. The fourth-order valence-electron chi connectivity index (χ4n) is 3.87. The number of hydrogen-bond acceptors (Lipinski definition) is 5. The van der Waals surface area contributed by atoms with Gasteiger partial charge in [-0.3, -0.25) is 4.98 Å². The number of rotatable bonds is 3. The van der Waals surface area contributed by atoms with Gasteiger partial charge in [0, 0.05) is 11.4 Å². The number of aliphatic hydroxyl groups excluding tert-OH is 1. The van der Waals surface area contributed by atoms with Crippen molar-refractivity contribution in [3.63, 3.8) is 0 Å². The van der Waals surface area contributed by atoms with Crippen molar-refractivity contribution in [2.75, 3.05) is 5.32 Å². The molecular weight excluding hydrogens is 382 g/mol. The molecule has 0 aromatic carbocycles. The summed E-state index contributed by atoms with van der Waals surface area (Å²) in [6, 6.07) is 1.07. The number of hydrogen-bond donors (Lipinski definition) is 3. The van der Waals surface area contributed by atoms with Crippen LogP contribution >= 0.6 is 11.3 Å². The van der Waals surface area contributed by atoms with E-state index >= 15 is 0 Å². The lowest BCUT2D eigenvalue weighted by atomic mass is 10.0. The molecule has 4 rings (SSSR count). The Bertz CT molecular complexity index is 990. The first-order valence-corrected chi connectivity index (χ1v) is 11.3. The van der Waals surface area contributed by atoms with Gasteiger partial charge in [0.15, 0.2) is 0 Å². The normalized spacial score (nSPS) is 20.3. The highest BCUT2D eigenvalue weighted by Crippen LogP contribution is 2.41. The number of carbonyl (C=O) groups is 1. The standard InChI is InChI=1S/C19H23N3O3S2/c1-10-6-7-14-17(10)20-15-5-3-4-13(15)18(14)21-19(24)22-27(25)16-8-12(9-26-16)11(2)23/h8-11,23,27H,3-7H2,1-2H3,(H,20,21,24)/t10-,11?/m1/s1. The molecule has 2 amide bonds. The largest absolute Gasteiger partial charge is 0.389 e. The Hall–Kier alpha value is -1.77. The number of thiol groups is 1. The van der Waals surface area contributed by atoms with Gasteiger partial charge in [-0.1, -0.05) is 6.92 Å². The van der Waals surface area contributed by atoms with E-state index in [1.54, 1.807) is 18.4 Å². The molecule has 2 N–H and O–H groups in total. The van der Waals surface area contributed by atoms with Crippen LogP contribution in [0.1, 0.15) is 66.8 Å². The zero-order valence-corrected chi connectivity index (χ0v) is 17.1. The number of thiophene rings is 1. The van der Waals surface area contributed by atoms with Crippen molar-refractivity contribution < 1.29 is 14.1 Å². The summed E-state index contributed by atoms with van der Waals surface area (Å²) < 4.78 is 16.8. The van der Waals surface area contributed by atoms with Crippen molar-refractivity contribution in [1.82, 2.24) is 4.98 Å². The Morgan fingerprint density at radius 1 is 1.41 bits per heavy atom. The molecule has 2 aromatic rings. The molecule has 0 fully saturated rings. The summed E-state index contributed by atoms with van der Waals surface area (Å²) >= 11 is 1.25. The minimum atomic E-state index is -2.18. The van der Waals surface area contributed by atoms with Crippen LogP contribution in [0, 0.1) is 0 Å². The van der Waals surface area contributed by atoms with E-state index in [1.165, 1.54) is 11.3 Å². The van der Waals surface area contributed by atoms with Crippen molar-refractivity contribution >= 4 is 33.7 Å². The summed E-state index contributed by atoms with van der Waals surface area (Å²) in [4.78, 5) is 17.3. The van der Waals surface area contributed by atoms with Gasteiger partial charge < -0.3 is 10.4 Å². The number of amides is 2. The SMILES string of the molecule is CC(O)c1csc(/[SH](=O)=N/C(=O)Nc2c3c(nc4c2CC[C@H]4C)CCC3)c1. The van der Waals surface area contributed by atoms with Gasteiger partial charge in [-0.05, 0) is 73.1 Å². The van der Waals surface area contributed by atoms with Gasteiger partial charge in [-0.15, -0.1) is 15.7 Å². The molecule has 0 radical (unpaired) electrons. The van der Waals surface area contributed by atoms with E-state index in [-0.39, 0.29) is 0 Å². The van der Waals surface area contributed by atoms with E-state index in [2.05, 4.69) is 16.6 Å². The van der Waals surface area contributed by atoms with E-state index in [4.69, 9.17) is 4.98 Å². The van der Waals surface area contributed by atoms with E-state index in [0.717, 1.165) is 60.3 Å². The molecule has 0 saturated carbocycles. The molecule has 2 aliphatic rings. The van der Waals surface area contributed by atoms with Crippen LogP contribution < -0.4 is 5.32 Å². The number of aromatic nitrogens is 1. The van der Waals surface area contributed by atoms with Crippen LogP contribution in [0.4, 0.5) is 10.5 Å². The smallest absolute Gasteiger partial charge is 0.353 e. The Labute approximate surface area is 164 Å². The van der Waals surface area contributed by atoms with Gasteiger partial charge in [-0.2, -0.15) is 0 Å². The van der Waals surface area contributed by atoms with Crippen molar-refractivity contribution in [3.05, 3.63) is 39.5 Å². The molecule has 2 unspecified atom stereocenters. The lowest BCUT2D eigenvalue weighted by Gasteiger charge is -2.14. The molecule has 0 aliphatic heterocycles. The first-order chi connectivity index (χ1) is 12.9. The second kappa shape index (κ2) is 7.33. The van der Waals surface area contributed by atoms with Gasteiger partial charge in [0.05, 0.1) is 26.6 Å². The summed E-state index contributed by atoms with van der Waals surface area (Å²) in [6.45, 7) is 3.82. The number of nitrogens with one attached hydrogen (secondary N) is 1. The number of fused-ring (bicyclic) bond motifs is 2. The molecule has 2 aromatic heterocycles. The maximum Gasteiger partial charge on any atom is 0.353 e. The average molecular weight is 406 g/mol. The topological polar surface area (TPSA) is 91.6 Å². The second-order valence-corrected chi connectivity index (χ2v) is 9.71. The average Bonchev–Trinajstić information content (AvgIpc) is 3.34. The molecule has 3 atom stereocenters. The van der Waals surface area contributed by atoms with Crippen LogP contribution in [0.25, 0.3) is 0 Å². The van der Waals surface area contributed by atoms with E-state index < -0.39 is 22.7 Å². The molecule has 6 nitrogen and oxygen atoms in total.